The lowest BCUT2D eigenvalue weighted by molar-refractivity contribution is -0.243. The van der Waals surface area contributed by atoms with Crippen LogP contribution in [0.4, 0.5) is 5.69 Å². The number of carbonyl (C=O) groups excluding carboxylic acids is 1. The van der Waals surface area contributed by atoms with Gasteiger partial charge in [0.15, 0.2) is 17.8 Å². The minimum Gasteiger partial charge on any atom is -0.493 e. The van der Waals surface area contributed by atoms with Gasteiger partial charge in [0.2, 0.25) is 0 Å². The number of rotatable bonds is 3. The molecular formula is C23H30N2O6. The number of aliphatic imine (C=N–C) groups is 1. The second-order valence-electron chi connectivity index (χ2n) is 9.00. The number of aliphatic hydroxyl groups excluding tert-OH is 1. The Bertz CT molecular complexity index is 918. The molecule has 1 aromatic carbocycles. The van der Waals surface area contributed by atoms with E-state index in [4.69, 9.17) is 23.9 Å². The van der Waals surface area contributed by atoms with Crippen molar-refractivity contribution >= 4 is 17.4 Å². The van der Waals surface area contributed by atoms with Gasteiger partial charge in [0.05, 0.1) is 33.1 Å². The molecule has 0 aromatic heterocycles. The van der Waals surface area contributed by atoms with Crippen LogP contribution in [0.15, 0.2) is 17.1 Å². The van der Waals surface area contributed by atoms with Crippen molar-refractivity contribution in [2.75, 3.05) is 34.4 Å². The van der Waals surface area contributed by atoms with Gasteiger partial charge in [-0.25, -0.2) is 0 Å². The predicted molar refractivity (Wildman–Crippen MR) is 113 cm³/mol. The van der Waals surface area contributed by atoms with Crippen LogP contribution in [-0.2, 0) is 14.3 Å². The van der Waals surface area contributed by atoms with Gasteiger partial charge in [0.1, 0.15) is 5.92 Å². The first-order chi connectivity index (χ1) is 15.0. The topological polar surface area (TPSA) is 89.8 Å². The largest absolute Gasteiger partial charge is 0.493 e. The van der Waals surface area contributed by atoms with Gasteiger partial charge in [0, 0.05) is 36.2 Å². The molecule has 0 radical (unpaired) electrons. The molecule has 3 saturated heterocycles. The highest BCUT2D eigenvalue weighted by Gasteiger charge is 2.54. The Morgan fingerprint density at radius 3 is 2.65 bits per heavy atom. The lowest BCUT2D eigenvalue weighted by atomic mass is 9.67. The first-order valence-electron chi connectivity index (χ1n) is 11.0. The van der Waals surface area contributed by atoms with Crippen molar-refractivity contribution in [1.29, 1.82) is 0 Å². The molecule has 0 amide bonds. The highest BCUT2D eigenvalue weighted by Crippen LogP contribution is 2.50. The minimum absolute atomic E-state index is 0.0123. The van der Waals surface area contributed by atoms with Crippen molar-refractivity contribution in [3.63, 3.8) is 0 Å². The van der Waals surface area contributed by atoms with Crippen LogP contribution < -0.4 is 9.47 Å². The van der Waals surface area contributed by atoms with Crippen molar-refractivity contribution in [1.82, 2.24) is 4.90 Å². The van der Waals surface area contributed by atoms with Crippen molar-refractivity contribution < 1.29 is 28.8 Å². The number of nitrogens with zero attached hydrogens (tertiary/aromatic N) is 2. The standard InChI is InChI=1S/C23H30N2O6/c1-11-15-10-25-6-5-12-13-8-18(28-2)19(29-3)9-16(13)24-21(12)17(25)7-14(15)20(22(26)30-4)23(27)31-11/h8-9,11-12,14-15,17,20,23,27H,5-7,10H2,1-4H3. The molecule has 168 valence electrons. The van der Waals surface area contributed by atoms with E-state index in [2.05, 4.69) is 4.90 Å². The molecule has 4 aliphatic rings. The smallest absolute Gasteiger partial charge is 0.314 e. The number of fused-ring (bicyclic) bond motifs is 6. The third kappa shape index (κ3) is 3.15. The van der Waals surface area contributed by atoms with Crippen molar-refractivity contribution in [3.05, 3.63) is 17.7 Å². The summed E-state index contributed by atoms with van der Waals surface area (Å²) in [5.41, 5.74) is 3.26. The lowest BCUT2D eigenvalue weighted by Gasteiger charge is -2.53. The first-order valence-corrected chi connectivity index (χ1v) is 11.0. The number of methoxy groups -OCH3 is 3. The normalized spacial score (nSPS) is 36.4. The fourth-order valence-electron chi connectivity index (χ4n) is 6.17. The zero-order valence-corrected chi connectivity index (χ0v) is 18.4. The number of ether oxygens (including phenoxy) is 4. The van der Waals surface area contributed by atoms with E-state index < -0.39 is 18.2 Å². The van der Waals surface area contributed by atoms with Crippen LogP contribution in [0.3, 0.4) is 0 Å². The first kappa shape index (κ1) is 20.7. The molecule has 31 heavy (non-hydrogen) atoms. The number of aliphatic hydroxyl groups is 1. The van der Waals surface area contributed by atoms with Crippen LogP contribution in [0, 0.1) is 17.8 Å². The Hall–Kier alpha value is -2.16. The maximum Gasteiger partial charge on any atom is 0.314 e. The van der Waals surface area contributed by atoms with E-state index >= 15 is 0 Å². The molecule has 8 nitrogen and oxygen atoms in total. The van der Waals surface area contributed by atoms with Gasteiger partial charge >= 0.3 is 5.97 Å². The molecule has 1 aromatic rings. The summed E-state index contributed by atoms with van der Waals surface area (Å²) in [5, 5.41) is 10.5. The summed E-state index contributed by atoms with van der Waals surface area (Å²) in [7, 11) is 4.65. The Balaban J connectivity index is 1.48. The van der Waals surface area contributed by atoms with E-state index in [9.17, 15) is 9.90 Å². The van der Waals surface area contributed by atoms with Gasteiger partial charge in [-0.05, 0) is 43.9 Å². The summed E-state index contributed by atoms with van der Waals surface area (Å²) in [5.74, 6) is 0.727. The lowest BCUT2D eigenvalue weighted by Crippen LogP contribution is -2.62. The number of esters is 1. The van der Waals surface area contributed by atoms with Gasteiger partial charge < -0.3 is 24.1 Å². The van der Waals surface area contributed by atoms with E-state index in [1.807, 2.05) is 19.1 Å². The molecule has 0 spiro atoms. The third-order valence-electron chi connectivity index (χ3n) is 7.69. The number of piperidine rings is 2. The second kappa shape index (κ2) is 7.76. The zero-order chi connectivity index (χ0) is 21.9. The average molecular weight is 431 g/mol. The molecule has 0 saturated carbocycles. The quantitative estimate of drug-likeness (QED) is 0.735. The average Bonchev–Trinajstić information content (AvgIpc) is 3.14. The minimum atomic E-state index is -1.13. The molecule has 4 heterocycles. The predicted octanol–water partition coefficient (Wildman–Crippen LogP) is 2.11. The molecule has 0 aliphatic carbocycles. The van der Waals surface area contributed by atoms with E-state index in [1.165, 1.54) is 12.7 Å². The van der Waals surface area contributed by atoms with Gasteiger partial charge in [-0.2, -0.15) is 0 Å². The summed E-state index contributed by atoms with van der Waals surface area (Å²) in [6, 6.07) is 4.13. The molecular weight excluding hydrogens is 400 g/mol. The number of hydrogen-bond acceptors (Lipinski definition) is 8. The highest BCUT2D eigenvalue weighted by atomic mass is 16.6. The maximum atomic E-state index is 12.5. The molecule has 4 aliphatic heterocycles. The van der Waals surface area contributed by atoms with E-state index in [0.717, 1.165) is 43.1 Å². The fourth-order valence-corrected chi connectivity index (χ4v) is 6.17. The number of hydrogen-bond donors (Lipinski definition) is 1. The molecule has 7 unspecified atom stereocenters. The monoisotopic (exact) mass is 430 g/mol. The van der Waals surface area contributed by atoms with E-state index in [0.29, 0.717) is 5.75 Å². The highest BCUT2D eigenvalue weighted by molar-refractivity contribution is 6.02. The summed E-state index contributed by atoms with van der Waals surface area (Å²) >= 11 is 0. The number of carbonyl (C=O) groups is 1. The molecule has 3 fully saturated rings. The van der Waals surface area contributed by atoms with Crippen molar-refractivity contribution in [3.8, 4) is 11.5 Å². The molecule has 8 heteroatoms. The van der Waals surface area contributed by atoms with Crippen LogP contribution in [0.25, 0.3) is 0 Å². The molecule has 7 atom stereocenters. The second-order valence-corrected chi connectivity index (χ2v) is 9.00. The van der Waals surface area contributed by atoms with Crippen molar-refractivity contribution in [2.45, 2.75) is 44.1 Å². The van der Waals surface area contributed by atoms with E-state index in [-0.39, 0.29) is 29.9 Å². The van der Waals surface area contributed by atoms with Crippen LogP contribution in [0.1, 0.15) is 31.2 Å². The van der Waals surface area contributed by atoms with Crippen LogP contribution >= 0.6 is 0 Å². The SMILES string of the molecule is COC(=O)C1C(O)OC(C)C2CN3CCC4C(=Nc5cc(OC)c(OC)cc54)C3CC21. The molecule has 1 N–H and O–H groups in total. The Morgan fingerprint density at radius 2 is 1.94 bits per heavy atom. The summed E-state index contributed by atoms with van der Waals surface area (Å²) in [4.78, 5) is 20.0. The van der Waals surface area contributed by atoms with Gasteiger partial charge in [-0.1, -0.05) is 0 Å². The van der Waals surface area contributed by atoms with Gasteiger partial charge in [-0.15, -0.1) is 0 Å². The summed E-state index contributed by atoms with van der Waals surface area (Å²) in [6.07, 6.45) is 0.502. The zero-order valence-electron chi connectivity index (χ0n) is 18.4. The number of benzene rings is 1. The molecule has 5 rings (SSSR count). The Labute approximate surface area is 182 Å². The van der Waals surface area contributed by atoms with E-state index in [1.54, 1.807) is 14.2 Å². The molecule has 0 bridgehead atoms. The van der Waals surface area contributed by atoms with Gasteiger partial charge in [-0.3, -0.25) is 14.7 Å². The Kier molecular flexibility index (Phi) is 5.19. The summed E-state index contributed by atoms with van der Waals surface area (Å²) < 4.78 is 21.7. The van der Waals surface area contributed by atoms with Crippen LogP contribution in [0.2, 0.25) is 0 Å². The van der Waals surface area contributed by atoms with Gasteiger partial charge in [0.25, 0.3) is 0 Å². The summed E-state index contributed by atoms with van der Waals surface area (Å²) in [6.45, 7) is 3.78. The fraction of sp³-hybridized carbons (Fsp3) is 0.652. The maximum absolute atomic E-state index is 12.5. The van der Waals surface area contributed by atoms with Crippen molar-refractivity contribution in [2.24, 2.45) is 22.7 Å². The Morgan fingerprint density at radius 1 is 1.19 bits per heavy atom. The van der Waals surface area contributed by atoms with Crippen LogP contribution in [-0.4, -0.2) is 74.5 Å². The third-order valence-corrected chi connectivity index (χ3v) is 7.69. The van der Waals surface area contributed by atoms with Crippen LogP contribution in [0.5, 0.6) is 11.5 Å².